The van der Waals surface area contributed by atoms with E-state index in [-0.39, 0.29) is 25.5 Å². The molecule has 0 spiro atoms. The molecule has 0 radical (unpaired) electrons. The van der Waals surface area contributed by atoms with Crippen LogP contribution in [0.15, 0.2) is 30.3 Å². The van der Waals surface area contributed by atoms with Gasteiger partial charge in [-0.3, -0.25) is 8.98 Å². The van der Waals surface area contributed by atoms with Gasteiger partial charge in [0.15, 0.2) is 18.7 Å². The van der Waals surface area contributed by atoms with Crippen molar-refractivity contribution in [3.8, 4) is 0 Å². The Labute approximate surface area is 314 Å². The fourth-order valence-corrected chi connectivity index (χ4v) is 6.74. The minimum Gasteiger partial charge on any atom is -0.356 e. The number of halogens is 8. The number of carbonyl (C=O) groups excluding carboxylic acids is 1. The summed E-state index contributed by atoms with van der Waals surface area (Å²) in [5.41, 5.74) is 0.460. The SMILES string of the molecule is CCNC(=O)CCCCCCCCCCC(F)(F)C(F)(F)OC(F)(F)C(F)(F)S(=O)(=O)OC1C(OC)OC2COC(c3ccccc3)OC2C1OCOCC. The Morgan fingerprint density at radius 2 is 1.47 bits per heavy atom. The van der Waals surface area contributed by atoms with Crippen LogP contribution < -0.4 is 5.32 Å². The van der Waals surface area contributed by atoms with Crippen LogP contribution in [0.4, 0.5) is 35.1 Å². The number of hydrogen-bond acceptors (Lipinski definition) is 11. The predicted molar refractivity (Wildman–Crippen MR) is 177 cm³/mol. The topological polar surface area (TPSA) is 137 Å². The first-order valence-electron chi connectivity index (χ1n) is 17.9. The van der Waals surface area contributed by atoms with E-state index in [0.29, 0.717) is 44.2 Å². The summed E-state index contributed by atoms with van der Waals surface area (Å²) in [6.45, 7) is 3.04. The quantitative estimate of drug-likeness (QED) is 0.0471. The van der Waals surface area contributed by atoms with E-state index >= 15 is 8.78 Å². The number of amides is 1. The van der Waals surface area contributed by atoms with Gasteiger partial charge in [-0.25, -0.2) is 4.74 Å². The highest BCUT2D eigenvalue weighted by molar-refractivity contribution is 7.87. The summed E-state index contributed by atoms with van der Waals surface area (Å²) in [7, 11) is -6.14. The fourth-order valence-electron chi connectivity index (χ4n) is 5.79. The average Bonchev–Trinajstić information content (AvgIpc) is 3.12. The molecule has 3 rings (SSSR count). The summed E-state index contributed by atoms with van der Waals surface area (Å²) in [4.78, 5) is 11.4. The highest BCUT2D eigenvalue weighted by Crippen LogP contribution is 2.49. The third-order valence-corrected chi connectivity index (χ3v) is 10.1. The van der Waals surface area contributed by atoms with Gasteiger partial charge in [0.2, 0.25) is 5.91 Å². The molecule has 0 aromatic heterocycles. The Hall–Kier alpha value is -2.24. The summed E-state index contributed by atoms with van der Waals surface area (Å²) in [5, 5.41) is -4.02. The van der Waals surface area contributed by atoms with Gasteiger partial charge in [-0.1, -0.05) is 68.9 Å². The molecular weight excluding hydrogens is 782 g/mol. The number of methoxy groups -OCH3 is 1. The molecule has 6 unspecified atom stereocenters. The first-order valence-corrected chi connectivity index (χ1v) is 19.4. The molecule has 1 amide bonds. The van der Waals surface area contributed by atoms with Crippen LogP contribution in [-0.4, -0.2) is 102 Å². The predicted octanol–water partition coefficient (Wildman–Crippen LogP) is 7.03. The molecule has 2 aliphatic heterocycles. The van der Waals surface area contributed by atoms with Crippen molar-refractivity contribution in [3.05, 3.63) is 35.9 Å². The van der Waals surface area contributed by atoms with E-state index in [1.54, 1.807) is 44.2 Å². The number of carbonyl (C=O) groups is 1. The molecule has 1 aromatic carbocycles. The Kier molecular flexibility index (Phi) is 18.0. The van der Waals surface area contributed by atoms with Crippen molar-refractivity contribution in [1.82, 2.24) is 5.32 Å². The van der Waals surface area contributed by atoms with Gasteiger partial charge in [0.05, 0.1) is 6.61 Å². The summed E-state index contributed by atoms with van der Waals surface area (Å²) in [6, 6.07) is 8.18. The minimum atomic E-state index is -7.06. The summed E-state index contributed by atoms with van der Waals surface area (Å²) in [5.74, 6) is -5.48. The van der Waals surface area contributed by atoms with Crippen molar-refractivity contribution in [1.29, 1.82) is 0 Å². The van der Waals surface area contributed by atoms with Crippen LogP contribution in [0.5, 0.6) is 0 Å². The van der Waals surface area contributed by atoms with E-state index in [0.717, 1.165) is 20.0 Å². The van der Waals surface area contributed by atoms with Gasteiger partial charge in [-0.2, -0.15) is 43.5 Å². The van der Waals surface area contributed by atoms with Gasteiger partial charge in [0.1, 0.15) is 25.1 Å². The van der Waals surface area contributed by atoms with Crippen molar-refractivity contribution < 1.29 is 85.7 Å². The van der Waals surface area contributed by atoms with Gasteiger partial charge >= 0.3 is 33.5 Å². The summed E-state index contributed by atoms with van der Waals surface area (Å²) >= 11 is 0. The van der Waals surface area contributed by atoms with Gasteiger partial charge in [0.25, 0.3) is 0 Å². The van der Waals surface area contributed by atoms with Gasteiger partial charge in [-0.05, 0) is 26.7 Å². The molecule has 2 fully saturated rings. The number of ether oxygens (including phenoxy) is 7. The Morgan fingerprint density at radius 1 is 0.855 bits per heavy atom. The van der Waals surface area contributed by atoms with E-state index in [9.17, 15) is 39.6 Å². The normalized spacial score (nSPS) is 24.1. The van der Waals surface area contributed by atoms with Crippen molar-refractivity contribution in [2.24, 2.45) is 0 Å². The maximum absolute atomic E-state index is 15.1. The molecule has 21 heteroatoms. The molecule has 1 N–H and O–H groups in total. The van der Waals surface area contributed by atoms with E-state index in [1.807, 2.05) is 0 Å². The molecule has 0 saturated carbocycles. The number of nitrogens with one attached hydrogen (secondary N) is 1. The molecule has 2 aliphatic rings. The van der Waals surface area contributed by atoms with E-state index in [1.165, 1.54) is 0 Å². The zero-order chi connectivity index (χ0) is 40.9. The molecular formula is C34H49F8NO11S. The van der Waals surface area contributed by atoms with Gasteiger partial charge < -0.3 is 33.7 Å². The molecule has 12 nitrogen and oxygen atoms in total. The number of rotatable bonds is 25. The molecule has 0 bridgehead atoms. The van der Waals surface area contributed by atoms with Crippen LogP contribution in [0.3, 0.4) is 0 Å². The van der Waals surface area contributed by atoms with Crippen molar-refractivity contribution >= 4 is 16.0 Å². The maximum atomic E-state index is 15.1. The van der Waals surface area contributed by atoms with Crippen molar-refractivity contribution in [2.45, 2.75) is 138 Å². The number of unbranched alkanes of at least 4 members (excludes halogenated alkanes) is 7. The second-order valence-electron chi connectivity index (χ2n) is 12.9. The van der Waals surface area contributed by atoms with E-state index < -0.39 is 90.1 Å². The molecule has 6 atom stereocenters. The summed E-state index contributed by atoms with van der Waals surface area (Å²) < 4.78 is 183. The van der Waals surface area contributed by atoms with Gasteiger partial charge in [0, 0.05) is 38.7 Å². The zero-order valence-corrected chi connectivity index (χ0v) is 31.5. The fraction of sp³-hybridized carbons (Fsp3) is 0.794. The van der Waals surface area contributed by atoms with Crippen LogP contribution in [0.2, 0.25) is 0 Å². The highest BCUT2D eigenvalue weighted by Gasteiger charge is 2.75. The minimum absolute atomic E-state index is 0.0280. The molecule has 1 aromatic rings. The zero-order valence-electron chi connectivity index (χ0n) is 30.7. The molecule has 2 saturated heterocycles. The van der Waals surface area contributed by atoms with Crippen LogP contribution in [0.1, 0.15) is 89.9 Å². The van der Waals surface area contributed by atoms with Crippen molar-refractivity contribution in [2.75, 3.05) is 33.7 Å². The van der Waals surface area contributed by atoms with Gasteiger partial charge in [-0.15, -0.1) is 0 Å². The second-order valence-corrected chi connectivity index (χ2v) is 14.5. The second kappa shape index (κ2) is 21.0. The summed E-state index contributed by atoms with van der Waals surface area (Å²) in [6.07, 6.45) is -21.1. The van der Waals surface area contributed by atoms with Crippen LogP contribution in [0, 0.1) is 0 Å². The monoisotopic (exact) mass is 831 g/mol. The Bertz CT molecular complexity index is 1410. The Morgan fingerprint density at radius 3 is 2.07 bits per heavy atom. The van der Waals surface area contributed by atoms with Crippen molar-refractivity contribution in [3.63, 3.8) is 0 Å². The smallest absolute Gasteiger partial charge is 0.356 e. The first kappa shape index (κ1) is 47.1. The Balaban J connectivity index is 1.66. The third-order valence-electron chi connectivity index (χ3n) is 8.73. The maximum Gasteiger partial charge on any atom is 0.460 e. The standard InChI is InChI=1S/C34H49F8NO11S/c1-4-43-25(44)19-15-10-8-6-7-9-11-16-20-31(35,36)32(37,38)54-33(39,40)34(41,42)55(45,46)53-28-27(50-22-48-5-2)26-24(51-30(28)47-3)21-49-29(52-26)23-17-13-12-14-18-23/h12-14,17-18,24,26-30H,4-11,15-16,19-22H2,1-3H3,(H,43,44). The number of benzene rings is 1. The number of fused-ring (bicyclic) bond motifs is 1. The third kappa shape index (κ3) is 12.6. The first-order chi connectivity index (χ1) is 25.8. The average molecular weight is 832 g/mol. The lowest BCUT2D eigenvalue weighted by atomic mass is 9.97. The van der Waals surface area contributed by atoms with E-state index in [4.69, 9.17) is 28.4 Å². The lowest BCUT2D eigenvalue weighted by Crippen LogP contribution is -2.65. The lowest BCUT2D eigenvalue weighted by molar-refractivity contribution is -0.457. The van der Waals surface area contributed by atoms with Crippen LogP contribution in [-0.2, 0) is 52.3 Å². The molecule has 55 heavy (non-hydrogen) atoms. The van der Waals surface area contributed by atoms with Crippen LogP contribution in [0.25, 0.3) is 0 Å². The largest absolute Gasteiger partial charge is 0.460 e. The molecule has 318 valence electrons. The number of hydrogen-bond donors (Lipinski definition) is 1. The van der Waals surface area contributed by atoms with E-state index in [2.05, 4.69) is 14.2 Å². The molecule has 0 aliphatic carbocycles. The highest BCUT2D eigenvalue weighted by atomic mass is 32.2. The lowest BCUT2D eigenvalue weighted by Gasteiger charge is -2.48. The molecule has 2 heterocycles. The number of alkyl halides is 8. The van der Waals surface area contributed by atoms with Crippen LogP contribution >= 0.6 is 0 Å².